The van der Waals surface area contributed by atoms with Crippen molar-refractivity contribution in [3.05, 3.63) is 35.9 Å². The molecule has 0 saturated carbocycles. The highest BCUT2D eigenvalue weighted by Gasteiger charge is 2.27. The SMILES string of the molecule is CCOC(=O)CSc1nnc(NC(=O)[C@@H](NC(=O)OCc2ccccc2)[C@@H](C)CC)s1. The summed E-state index contributed by atoms with van der Waals surface area (Å²) in [6.45, 7) is 5.95. The van der Waals surface area contributed by atoms with Crippen molar-refractivity contribution in [3.8, 4) is 0 Å². The summed E-state index contributed by atoms with van der Waals surface area (Å²) in [5.74, 6) is -0.775. The number of benzene rings is 1. The molecule has 2 amide bonds. The Morgan fingerprint density at radius 3 is 2.55 bits per heavy atom. The zero-order valence-corrected chi connectivity index (χ0v) is 19.3. The van der Waals surface area contributed by atoms with E-state index in [9.17, 15) is 14.4 Å². The second-order valence-electron chi connectivity index (χ2n) is 6.53. The highest BCUT2D eigenvalue weighted by Crippen LogP contribution is 2.26. The molecule has 0 aliphatic rings. The maximum Gasteiger partial charge on any atom is 0.408 e. The van der Waals surface area contributed by atoms with Gasteiger partial charge in [0.2, 0.25) is 11.0 Å². The van der Waals surface area contributed by atoms with Crippen LogP contribution >= 0.6 is 23.1 Å². The van der Waals surface area contributed by atoms with Gasteiger partial charge in [-0.05, 0) is 18.4 Å². The summed E-state index contributed by atoms with van der Waals surface area (Å²) in [5, 5.41) is 13.5. The van der Waals surface area contributed by atoms with Gasteiger partial charge in [-0.15, -0.1) is 10.2 Å². The maximum absolute atomic E-state index is 12.8. The van der Waals surface area contributed by atoms with Gasteiger partial charge >= 0.3 is 12.1 Å². The van der Waals surface area contributed by atoms with Crippen LogP contribution in [0, 0.1) is 5.92 Å². The lowest BCUT2D eigenvalue weighted by atomic mass is 9.98. The standard InChI is InChI=1S/C20H26N4O5S2/c1-4-13(3)16(21-19(27)29-11-14-9-7-6-8-10-14)17(26)22-18-23-24-20(31-18)30-12-15(25)28-5-2/h6-10,13,16H,4-5,11-12H2,1-3H3,(H,21,27)(H,22,23,26)/t13-,16-/m0/s1. The molecule has 1 aromatic carbocycles. The van der Waals surface area contributed by atoms with E-state index in [1.165, 1.54) is 11.8 Å². The van der Waals surface area contributed by atoms with E-state index < -0.39 is 18.0 Å². The quantitative estimate of drug-likeness (QED) is 0.293. The fourth-order valence-corrected chi connectivity index (χ4v) is 3.97. The molecule has 0 spiro atoms. The molecule has 9 nitrogen and oxygen atoms in total. The highest BCUT2D eigenvalue weighted by molar-refractivity contribution is 8.01. The molecule has 2 atom stereocenters. The van der Waals surface area contributed by atoms with Crippen molar-refractivity contribution in [2.24, 2.45) is 5.92 Å². The minimum absolute atomic E-state index is 0.110. The van der Waals surface area contributed by atoms with Crippen LogP contribution in [0.15, 0.2) is 34.7 Å². The second kappa shape index (κ2) is 12.9. The van der Waals surface area contributed by atoms with Crippen LogP contribution in [0.1, 0.15) is 32.8 Å². The molecular formula is C20H26N4O5S2. The topological polar surface area (TPSA) is 120 Å². The van der Waals surface area contributed by atoms with E-state index in [1.807, 2.05) is 44.2 Å². The molecule has 168 valence electrons. The number of aromatic nitrogens is 2. The minimum atomic E-state index is -0.798. The Bertz CT molecular complexity index is 862. The van der Waals surface area contributed by atoms with Gasteiger partial charge in [-0.1, -0.05) is 73.7 Å². The minimum Gasteiger partial charge on any atom is -0.465 e. The van der Waals surface area contributed by atoms with Gasteiger partial charge in [0.1, 0.15) is 12.6 Å². The number of anilines is 1. The van der Waals surface area contributed by atoms with E-state index in [2.05, 4.69) is 20.8 Å². The van der Waals surface area contributed by atoms with Gasteiger partial charge in [-0.25, -0.2) is 4.79 Å². The lowest BCUT2D eigenvalue weighted by Gasteiger charge is -2.22. The Kier molecular flexibility index (Phi) is 10.2. The van der Waals surface area contributed by atoms with Crippen molar-refractivity contribution in [2.45, 2.75) is 44.2 Å². The zero-order valence-electron chi connectivity index (χ0n) is 17.6. The third kappa shape index (κ3) is 8.54. The Morgan fingerprint density at radius 1 is 1.13 bits per heavy atom. The largest absolute Gasteiger partial charge is 0.465 e. The monoisotopic (exact) mass is 466 g/mol. The van der Waals surface area contributed by atoms with Crippen LogP contribution in [0.4, 0.5) is 9.93 Å². The van der Waals surface area contributed by atoms with Crippen molar-refractivity contribution in [1.29, 1.82) is 0 Å². The van der Waals surface area contributed by atoms with E-state index in [1.54, 1.807) is 6.92 Å². The summed E-state index contributed by atoms with van der Waals surface area (Å²) in [7, 11) is 0. The van der Waals surface area contributed by atoms with Crippen LogP contribution in [-0.4, -0.2) is 46.6 Å². The molecule has 0 aliphatic carbocycles. The molecule has 11 heteroatoms. The maximum atomic E-state index is 12.8. The lowest BCUT2D eigenvalue weighted by molar-refractivity contribution is -0.139. The van der Waals surface area contributed by atoms with Crippen LogP contribution in [0.25, 0.3) is 0 Å². The summed E-state index contributed by atoms with van der Waals surface area (Å²) >= 11 is 2.32. The summed E-state index contributed by atoms with van der Waals surface area (Å²) in [5.41, 5.74) is 0.851. The number of esters is 1. The molecule has 0 saturated heterocycles. The molecule has 2 rings (SSSR count). The van der Waals surface area contributed by atoms with Gasteiger partial charge in [0.15, 0.2) is 4.34 Å². The second-order valence-corrected chi connectivity index (χ2v) is 8.73. The number of carbonyl (C=O) groups excluding carboxylic acids is 3. The highest BCUT2D eigenvalue weighted by atomic mass is 32.2. The predicted octanol–water partition coefficient (Wildman–Crippen LogP) is 3.47. The molecule has 0 aliphatic heterocycles. The number of hydrogen-bond acceptors (Lipinski definition) is 9. The molecule has 0 unspecified atom stereocenters. The van der Waals surface area contributed by atoms with E-state index in [0.717, 1.165) is 16.9 Å². The molecule has 0 bridgehead atoms. The number of ether oxygens (including phenoxy) is 2. The smallest absolute Gasteiger partial charge is 0.408 e. The number of nitrogens with zero attached hydrogens (tertiary/aromatic N) is 2. The molecule has 2 N–H and O–H groups in total. The normalized spacial score (nSPS) is 12.5. The number of rotatable bonds is 11. The van der Waals surface area contributed by atoms with Crippen LogP contribution in [-0.2, 0) is 25.7 Å². The summed E-state index contributed by atoms with van der Waals surface area (Å²) in [6.07, 6.45) is 0.000573. The van der Waals surface area contributed by atoms with Gasteiger partial charge in [0, 0.05) is 0 Å². The van der Waals surface area contributed by atoms with Crippen molar-refractivity contribution in [1.82, 2.24) is 15.5 Å². The Labute approximate surface area is 189 Å². The molecule has 2 aromatic rings. The first-order chi connectivity index (χ1) is 14.9. The van der Waals surface area contributed by atoms with E-state index >= 15 is 0 Å². The number of nitrogens with one attached hydrogen (secondary N) is 2. The van der Waals surface area contributed by atoms with Crippen molar-refractivity contribution in [3.63, 3.8) is 0 Å². The number of thioether (sulfide) groups is 1. The molecular weight excluding hydrogens is 440 g/mol. The molecule has 1 aromatic heterocycles. The van der Waals surface area contributed by atoms with E-state index in [4.69, 9.17) is 9.47 Å². The average molecular weight is 467 g/mol. The number of hydrogen-bond donors (Lipinski definition) is 2. The fraction of sp³-hybridized carbons (Fsp3) is 0.450. The molecule has 0 radical (unpaired) electrons. The Morgan fingerprint density at radius 2 is 1.87 bits per heavy atom. The molecule has 0 fully saturated rings. The number of carbonyl (C=O) groups is 3. The number of amides is 2. The predicted molar refractivity (Wildman–Crippen MR) is 119 cm³/mol. The summed E-state index contributed by atoms with van der Waals surface area (Å²) in [6, 6.07) is 8.48. The van der Waals surface area contributed by atoms with Crippen LogP contribution in [0.2, 0.25) is 0 Å². The first-order valence-electron chi connectivity index (χ1n) is 9.82. The zero-order chi connectivity index (χ0) is 22.6. The molecule has 1 heterocycles. The number of alkyl carbamates (subject to hydrolysis) is 1. The van der Waals surface area contributed by atoms with Gasteiger partial charge < -0.3 is 14.8 Å². The summed E-state index contributed by atoms with van der Waals surface area (Å²) in [4.78, 5) is 36.4. The van der Waals surface area contributed by atoms with Gasteiger partial charge in [-0.3, -0.25) is 14.9 Å². The van der Waals surface area contributed by atoms with Gasteiger partial charge in [0.05, 0.1) is 12.4 Å². The van der Waals surface area contributed by atoms with Crippen molar-refractivity contribution < 1.29 is 23.9 Å². The third-order valence-corrected chi connectivity index (χ3v) is 6.18. The fourth-order valence-electron chi connectivity index (χ4n) is 2.42. The van der Waals surface area contributed by atoms with Crippen LogP contribution in [0.5, 0.6) is 0 Å². The van der Waals surface area contributed by atoms with Gasteiger partial charge in [0.25, 0.3) is 0 Å². The first-order valence-corrected chi connectivity index (χ1v) is 11.6. The first kappa shape index (κ1) is 24.6. The average Bonchev–Trinajstić information content (AvgIpc) is 3.22. The van der Waals surface area contributed by atoms with E-state index in [0.29, 0.717) is 17.4 Å². The Hall–Kier alpha value is -2.66. The van der Waals surface area contributed by atoms with E-state index in [-0.39, 0.29) is 29.4 Å². The van der Waals surface area contributed by atoms with Crippen LogP contribution < -0.4 is 10.6 Å². The van der Waals surface area contributed by atoms with Crippen LogP contribution in [0.3, 0.4) is 0 Å². The lowest BCUT2D eigenvalue weighted by Crippen LogP contribution is -2.47. The van der Waals surface area contributed by atoms with Gasteiger partial charge in [-0.2, -0.15) is 0 Å². The Balaban J connectivity index is 1.90. The van der Waals surface area contributed by atoms with Crippen molar-refractivity contribution in [2.75, 3.05) is 17.7 Å². The third-order valence-electron chi connectivity index (χ3n) is 4.24. The summed E-state index contributed by atoms with van der Waals surface area (Å²) < 4.78 is 10.6. The van der Waals surface area contributed by atoms with Crippen molar-refractivity contribution >= 4 is 46.2 Å². The molecule has 31 heavy (non-hydrogen) atoms.